The fourth-order valence-corrected chi connectivity index (χ4v) is 8.61. The molecule has 4 atom stereocenters. The molecular formula is C31H35N5O6S. The first kappa shape index (κ1) is 28.1. The standard InChI is InChI=1S/C31H35N5O6S/c1-16-14-20(16)19-8-9-21-24(15-19)42-31(39)22-6-5-7-23(32)25(22)27(37)30(21,31)34-28(38)26-17(2)18(3)29(33-26)43(40,41)36-12-10-35(4)11-13-36/h5-9,15-16,20,33,39H,10-14,32H2,1-4H3,(H,34,38)/t16-,20-,30-,31-/m1/s1. The number of rotatable bonds is 5. The maximum atomic E-state index is 14.3. The minimum atomic E-state index is -3.92. The number of amides is 1. The Hall–Kier alpha value is -3.71. The number of nitrogens with two attached hydrogens (primary N) is 1. The SMILES string of the molecule is Cc1c(C(=O)N[C@]23C(=O)c4c(N)cccc4[C@@]2(O)Oc2cc([C@@H]4C[C@H]4C)ccc23)[nH]c(S(=O)(=O)N2CCN(C)CC2)c1C. The van der Waals surface area contributed by atoms with Crippen molar-refractivity contribution in [2.45, 2.75) is 49.5 Å². The van der Waals surface area contributed by atoms with Crippen LogP contribution in [0.5, 0.6) is 5.75 Å². The number of nitrogens with zero attached hydrogens (tertiary/aromatic N) is 2. The van der Waals surface area contributed by atoms with Gasteiger partial charge in [-0.05, 0) is 68.0 Å². The summed E-state index contributed by atoms with van der Waals surface area (Å²) >= 11 is 0. The molecule has 3 heterocycles. The van der Waals surface area contributed by atoms with Crippen LogP contribution in [0.3, 0.4) is 0 Å². The maximum Gasteiger partial charge on any atom is 0.271 e. The summed E-state index contributed by atoms with van der Waals surface area (Å²) in [6, 6.07) is 10.2. The highest BCUT2D eigenvalue weighted by atomic mass is 32.2. The summed E-state index contributed by atoms with van der Waals surface area (Å²) in [4.78, 5) is 33.4. The van der Waals surface area contributed by atoms with Crippen LogP contribution >= 0.6 is 0 Å². The normalized spacial score (nSPS) is 28.3. The van der Waals surface area contributed by atoms with Gasteiger partial charge in [-0.2, -0.15) is 4.31 Å². The van der Waals surface area contributed by atoms with Crippen molar-refractivity contribution in [1.29, 1.82) is 0 Å². The lowest BCUT2D eigenvalue weighted by molar-refractivity contribution is -0.169. The molecule has 226 valence electrons. The third-order valence-electron chi connectivity index (χ3n) is 9.85. The summed E-state index contributed by atoms with van der Waals surface area (Å²) in [6.07, 6.45) is 1.04. The van der Waals surface area contributed by atoms with Gasteiger partial charge in [0, 0.05) is 43.0 Å². The van der Waals surface area contributed by atoms with Crippen molar-refractivity contribution in [1.82, 2.24) is 19.5 Å². The van der Waals surface area contributed by atoms with Gasteiger partial charge in [0.15, 0.2) is 5.03 Å². The zero-order valence-electron chi connectivity index (χ0n) is 24.5. The zero-order chi connectivity index (χ0) is 30.6. The fourth-order valence-electron chi connectivity index (χ4n) is 6.94. The Morgan fingerprint density at radius 1 is 1.12 bits per heavy atom. The second-order valence-corrected chi connectivity index (χ2v) is 14.3. The minimum Gasteiger partial charge on any atom is -0.454 e. The number of carbonyl (C=O) groups is 2. The van der Waals surface area contributed by atoms with E-state index in [0.717, 1.165) is 12.0 Å². The highest BCUT2D eigenvalue weighted by molar-refractivity contribution is 7.89. The molecule has 2 aliphatic carbocycles. The number of benzene rings is 2. The number of fused-ring (bicyclic) bond motifs is 5. The number of piperazine rings is 1. The van der Waals surface area contributed by atoms with Crippen LogP contribution in [0.1, 0.15) is 67.9 Å². The first-order chi connectivity index (χ1) is 20.3. The third-order valence-corrected chi connectivity index (χ3v) is 11.8. The number of hydrogen-bond donors (Lipinski definition) is 4. The van der Waals surface area contributed by atoms with E-state index in [4.69, 9.17) is 10.5 Å². The molecule has 43 heavy (non-hydrogen) atoms. The molecule has 0 radical (unpaired) electrons. The van der Waals surface area contributed by atoms with E-state index in [0.29, 0.717) is 60.5 Å². The number of ketones is 1. The minimum absolute atomic E-state index is 0.0180. The van der Waals surface area contributed by atoms with Gasteiger partial charge in [0.1, 0.15) is 11.4 Å². The summed E-state index contributed by atoms with van der Waals surface area (Å²) in [5.74, 6) is -2.45. The van der Waals surface area contributed by atoms with Gasteiger partial charge in [0.25, 0.3) is 21.7 Å². The van der Waals surface area contributed by atoms with Crippen molar-refractivity contribution in [2.75, 3.05) is 39.0 Å². The number of nitrogens with one attached hydrogen (secondary N) is 2. The monoisotopic (exact) mass is 605 g/mol. The van der Waals surface area contributed by atoms with Crippen LogP contribution in [0.4, 0.5) is 5.69 Å². The average Bonchev–Trinajstić information content (AvgIpc) is 3.48. The molecule has 0 bridgehead atoms. The van der Waals surface area contributed by atoms with Crippen LogP contribution < -0.4 is 15.8 Å². The van der Waals surface area contributed by atoms with E-state index in [1.165, 1.54) is 4.31 Å². The van der Waals surface area contributed by atoms with Gasteiger partial charge >= 0.3 is 0 Å². The average molecular weight is 606 g/mol. The molecule has 1 amide bonds. The molecule has 1 saturated heterocycles. The van der Waals surface area contributed by atoms with Crippen molar-refractivity contribution >= 4 is 27.4 Å². The smallest absolute Gasteiger partial charge is 0.271 e. The molecule has 5 N–H and O–H groups in total. The van der Waals surface area contributed by atoms with Crippen LogP contribution in [-0.4, -0.2) is 72.6 Å². The molecule has 12 heteroatoms. The third kappa shape index (κ3) is 3.73. The first-order valence-electron chi connectivity index (χ1n) is 14.5. The van der Waals surface area contributed by atoms with E-state index in [1.54, 1.807) is 38.1 Å². The Balaban J connectivity index is 1.32. The van der Waals surface area contributed by atoms with Crippen molar-refractivity contribution < 1.29 is 27.9 Å². The van der Waals surface area contributed by atoms with Crippen LogP contribution in [0, 0.1) is 19.8 Å². The van der Waals surface area contributed by atoms with Crippen LogP contribution in [-0.2, 0) is 21.3 Å². The molecule has 4 aliphatic rings. The second kappa shape index (κ2) is 9.15. The molecule has 11 nitrogen and oxygen atoms in total. The Kier molecular flexibility index (Phi) is 5.97. The largest absolute Gasteiger partial charge is 0.454 e. The number of anilines is 1. The van der Waals surface area contributed by atoms with Crippen molar-refractivity contribution in [2.24, 2.45) is 5.92 Å². The van der Waals surface area contributed by atoms with Gasteiger partial charge in [-0.3, -0.25) is 9.59 Å². The Bertz CT molecular complexity index is 1830. The quantitative estimate of drug-likeness (QED) is 0.323. The van der Waals surface area contributed by atoms with E-state index < -0.39 is 33.0 Å². The van der Waals surface area contributed by atoms with Gasteiger partial charge in [0.2, 0.25) is 11.3 Å². The highest BCUT2D eigenvalue weighted by Gasteiger charge is 2.72. The molecule has 2 aliphatic heterocycles. The van der Waals surface area contributed by atoms with Gasteiger partial charge < -0.3 is 30.8 Å². The lowest BCUT2D eigenvalue weighted by Gasteiger charge is -2.34. The highest BCUT2D eigenvalue weighted by Crippen LogP contribution is 2.60. The Morgan fingerprint density at radius 2 is 1.81 bits per heavy atom. The second-order valence-electron chi connectivity index (χ2n) is 12.4. The van der Waals surface area contributed by atoms with Crippen molar-refractivity contribution in [3.8, 4) is 5.75 Å². The van der Waals surface area contributed by atoms with Crippen LogP contribution in [0.15, 0.2) is 41.4 Å². The Labute approximate surface area is 250 Å². The summed E-state index contributed by atoms with van der Waals surface area (Å²) in [6.45, 7) is 7.31. The number of nitrogen functional groups attached to an aromatic ring is 1. The first-order valence-corrected chi connectivity index (χ1v) is 15.9. The zero-order valence-corrected chi connectivity index (χ0v) is 25.3. The van der Waals surface area contributed by atoms with E-state index in [1.807, 2.05) is 19.2 Å². The number of ether oxygens (including phenoxy) is 1. The molecule has 1 saturated carbocycles. The maximum absolute atomic E-state index is 14.3. The summed E-state index contributed by atoms with van der Waals surface area (Å²) in [5, 5.41) is 15.0. The number of carbonyl (C=O) groups excluding carboxylic acids is 2. The molecule has 0 spiro atoms. The van der Waals surface area contributed by atoms with E-state index in [2.05, 4.69) is 22.1 Å². The molecule has 7 rings (SSSR count). The number of aromatic nitrogens is 1. The molecule has 2 fully saturated rings. The predicted molar refractivity (Wildman–Crippen MR) is 158 cm³/mol. The number of likely N-dealkylation sites (N-methyl/N-ethyl adjacent to an activating group) is 1. The molecule has 2 aromatic carbocycles. The number of hydrogen-bond acceptors (Lipinski definition) is 8. The van der Waals surface area contributed by atoms with Gasteiger partial charge in [-0.1, -0.05) is 31.2 Å². The number of aliphatic hydroxyl groups is 1. The summed E-state index contributed by atoms with van der Waals surface area (Å²) < 4.78 is 34.8. The number of Topliss-reactive ketones (excluding diaryl/α,β-unsaturated/α-hetero) is 1. The van der Waals surface area contributed by atoms with E-state index in [-0.39, 0.29) is 27.5 Å². The molecule has 0 unspecified atom stereocenters. The lowest BCUT2D eigenvalue weighted by Crippen LogP contribution is -2.60. The molecule has 3 aromatic rings. The van der Waals surface area contributed by atoms with Gasteiger partial charge in [-0.25, -0.2) is 8.42 Å². The van der Waals surface area contributed by atoms with Gasteiger partial charge in [0.05, 0.1) is 5.56 Å². The van der Waals surface area contributed by atoms with Crippen LogP contribution in [0.2, 0.25) is 0 Å². The lowest BCUT2D eigenvalue weighted by atomic mass is 9.82. The topological polar surface area (TPSA) is 158 Å². The fraction of sp³-hybridized carbons (Fsp3) is 0.419. The van der Waals surface area contributed by atoms with E-state index >= 15 is 0 Å². The predicted octanol–water partition coefficient (Wildman–Crippen LogP) is 2.33. The number of H-pyrrole nitrogens is 1. The molecular weight excluding hydrogens is 570 g/mol. The number of sulfonamides is 1. The Morgan fingerprint density at radius 3 is 2.49 bits per heavy atom. The molecule has 1 aromatic heterocycles. The van der Waals surface area contributed by atoms with E-state index in [9.17, 15) is 23.1 Å². The number of aromatic amines is 1. The van der Waals surface area contributed by atoms with Crippen molar-refractivity contribution in [3.05, 3.63) is 75.5 Å². The summed E-state index contributed by atoms with van der Waals surface area (Å²) in [5.41, 5.74) is 6.73. The summed E-state index contributed by atoms with van der Waals surface area (Å²) in [7, 11) is -1.98. The van der Waals surface area contributed by atoms with Gasteiger partial charge in [-0.15, -0.1) is 0 Å². The van der Waals surface area contributed by atoms with Crippen molar-refractivity contribution in [3.63, 3.8) is 0 Å². The van der Waals surface area contributed by atoms with Crippen LogP contribution in [0.25, 0.3) is 0 Å².